The van der Waals surface area contributed by atoms with E-state index in [1.54, 1.807) is 0 Å². The highest BCUT2D eigenvalue weighted by Crippen LogP contribution is 2.24. The molecule has 0 bridgehead atoms. The largest absolute Gasteiger partial charge is 0.462 e. The molecule has 0 spiro atoms. The summed E-state index contributed by atoms with van der Waals surface area (Å²) in [5.41, 5.74) is 0. The molecule has 0 saturated carbocycles. The molecule has 10 heteroatoms. The number of ether oxygens (including phenoxy) is 5. The molecule has 72 heavy (non-hydrogen) atoms. The highest BCUT2D eigenvalue weighted by molar-refractivity contribution is 5.72. The van der Waals surface area contributed by atoms with Gasteiger partial charge in [-0.25, -0.2) is 0 Å². The Labute approximate surface area is 442 Å². The van der Waals surface area contributed by atoms with Crippen LogP contribution in [-0.4, -0.2) is 60.4 Å². The smallest absolute Gasteiger partial charge is 0.306 e. The summed E-state index contributed by atoms with van der Waals surface area (Å²) >= 11 is 0. The number of hydrogen-bond donors (Lipinski definition) is 0. The third-order valence-electron chi connectivity index (χ3n) is 14.7. The first-order valence-corrected chi connectivity index (χ1v) is 31.1. The van der Waals surface area contributed by atoms with Crippen molar-refractivity contribution in [3.05, 3.63) is 0 Å². The van der Waals surface area contributed by atoms with Crippen LogP contribution < -0.4 is 0 Å². The Morgan fingerprint density at radius 3 is 0.625 bits per heavy atom. The van der Waals surface area contributed by atoms with Crippen LogP contribution in [0.2, 0.25) is 0 Å². The number of cyclic esters (lactones) is 5. The van der Waals surface area contributed by atoms with E-state index >= 15 is 0 Å². The molecular weight excluding hydrogens is 905 g/mol. The van der Waals surface area contributed by atoms with E-state index in [4.69, 9.17) is 23.7 Å². The summed E-state index contributed by atoms with van der Waals surface area (Å²) in [7, 11) is 0. The zero-order valence-corrected chi connectivity index (χ0v) is 47.7. The molecule has 0 aromatic heterocycles. The van der Waals surface area contributed by atoms with Crippen LogP contribution in [0.3, 0.4) is 0 Å². The third kappa shape index (κ3) is 41.7. The quantitative estimate of drug-likeness (QED) is 0.0339. The topological polar surface area (TPSA) is 132 Å². The Bertz CT molecular complexity index is 1300. The SMILES string of the molecule is CCCCCCCC1CCC(=O)O1.CCCCCCCC1CCCC(=O)O1.CCCCCCCCC1CCC(=O)O1.CCCCCCCCCC1CCC(=O)O1.CCCCCCCCCCC1CCC(=O)O1. The molecule has 0 amide bonds. The van der Waals surface area contributed by atoms with Gasteiger partial charge in [-0.2, -0.15) is 0 Å². The number of esters is 5. The number of rotatable bonds is 36. The van der Waals surface area contributed by atoms with Crippen LogP contribution in [0.15, 0.2) is 0 Å². The standard InChI is InChI=1S/C14H26O2.C13H24O2.2C12H22O2.C11H20O2/c1-2-3-4-5-6-7-8-9-10-13-11-12-14(15)16-13;1-2-3-4-5-6-7-8-9-12-10-11-13(14)15-12;1-2-3-4-5-6-8-11-9-7-10-12(13)14-11;1-2-3-4-5-6-7-8-11-9-10-12(13)14-11;1-2-3-4-5-6-7-10-8-9-11(12)13-10/h13H,2-12H2,1H3;12H,2-11H2,1H3;2*11H,2-10H2,1H3;10H,2-9H2,1H3. The van der Waals surface area contributed by atoms with Gasteiger partial charge in [0.1, 0.15) is 30.5 Å². The average Bonchev–Trinajstić information content (AvgIpc) is 4.20. The van der Waals surface area contributed by atoms with Gasteiger partial charge in [0, 0.05) is 32.1 Å². The summed E-state index contributed by atoms with van der Waals surface area (Å²) < 4.78 is 25.9. The van der Waals surface area contributed by atoms with E-state index < -0.39 is 0 Å². The minimum absolute atomic E-state index is 0.000910. The normalized spacial score (nSPS) is 21.1. The van der Waals surface area contributed by atoms with Gasteiger partial charge < -0.3 is 23.7 Å². The van der Waals surface area contributed by atoms with Crippen molar-refractivity contribution in [2.24, 2.45) is 0 Å². The molecular formula is C62H114O10. The molecule has 5 rings (SSSR count). The number of carbonyl (C=O) groups excluding carboxylic acids is 5. The van der Waals surface area contributed by atoms with E-state index in [1.807, 2.05) is 0 Å². The second-order valence-electron chi connectivity index (χ2n) is 21.7. The Kier molecular flexibility index (Phi) is 46.1. The van der Waals surface area contributed by atoms with Gasteiger partial charge in [-0.1, -0.05) is 202 Å². The van der Waals surface area contributed by atoms with E-state index in [1.165, 1.54) is 199 Å². The summed E-state index contributed by atoms with van der Waals surface area (Å²) in [6, 6.07) is 0. The molecule has 0 aromatic carbocycles. The second-order valence-corrected chi connectivity index (χ2v) is 21.7. The lowest BCUT2D eigenvalue weighted by Gasteiger charge is -2.21. The monoisotopic (exact) mass is 1020 g/mol. The predicted molar refractivity (Wildman–Crippen MR) is 295 cm³/mol. The molecule has 5 fully saturated rings. The van der Waals surface area contributed by atoms with Crippen molar-refractivity contribution in [1.82, 2.24) is 0 Å². The van der Waals surface area contributed by atoms with E-state index in [-0.39, 0.29) is 60.4 Å². The van der Waals surface area contributed by atoms with Crippen molar-refractivity contribution in [1.29, 1.82) is 0 Å². The predicted octanol–water partition coefficient (Wildman–Crippen LogP) is 18.0. The molecule has 5 heterocycles. The van der Waals surface area contributed by atoms with Gasteiger partial charge in [0.15, 0.2) is 0 Å². The van der Waals surface area contributed by atoms with E-state index in [9.17, 15) is 24.0 Å². The summed E-state index contributed by atoms with van der Waals surface area (Å²) in [6.45, 7) is 11.2. The molecule has 5 atom stereocenters. The molecule has 0 N–H and O–H groups in total. The molecule has 0 aliphatic carbocycles. The second kappa shape index (κ2) is 49.2. The third-order valence-corrected chi connectivity index (χ3v) is 14.7. The Hall–Kier alpha value is -2.65. The Morgan fingerprint density at radius 1 is 0.250 bits per heavy atom. The fraction of sp³-hybridized carbons (Fsp3) is 0.919. The summed E-state index contributed by atoms with van der Waals surface area (Å²) in [4.78, 5) is 54.3. The van der Waals surface area contributed by atoms with Gasteiger partial charge in [-0.05, 0) is 103 Å². The molecule has 0 aromatic rings. The van der Waals surface area contributed by atoms with E-state index in [2.05, 4.69) is 34.6 Å². The number of hydrogen-bond acceptors (Lipinski definition) is 10. The first-order valence-electron chi connectivity index (χ1n) is 31.1. The van der Waals surface area contributed by atoms with Crippen molar-refractivity contribution in [2.45, 2.75) is 367 Å². The molecule has 5 unspecified atom stereocenters. The highest BCUT2D eigenvalue weighted by Gasteiger charge is 2.25. The van der Waals surface area contributed by atoms with Gasteiger partial charge in [0.05, 0.1) is 0 Å². The van der Waals surface area contributed by atoms with Crippen LogP contribution in [0.4, 0.5) is 0 Å². The van der Waals surface area contributed by atoms with E-state index in [0.29, 0.717) is 32.1 Å². The molecule has 0 radical (unpaired) electrons. The lowest BCUT2D eigenvalue weighted by atomic mass is 10.0. The molecule has 10 nitrogen and oxygen atoms in total. The molecule has 5 saturated heterocycles. The zero-order chi connectivity index (χ0) is 52.5. The van der Waals surface area contributed by atoms with Gasteiger partial charge >= 0.3 is 29.8 Å². The van der Waals surface area contributed by atoms with Crippen molar-refractivity contribution in [3.8, 4) is 0 Å². The summed E-state index contributed by atoms with van der Waals surface area (Å²) in [6.07, 6.45) is 56.7. The summed E-state index contributed by atoms with van der Waals surface area (Å²) in [5, 5.41) is 0. The van der Waals surface area contributed by atoms with Crippen molar-refractivity contribution in [3.63, 3.8) is 0 Å². The minimum Gasteiger partial charge on any atom is -0.462 e. The first-order chi connectivity index (χ1) is 35.1. The molecule has 5 aliphatic rings. The Balaban J connectivity index is 0.000000451. The maximum Gasteiger partial charge on any atom is 0.306 e. The zero-order valence-electron chi connectivity index (χ0n) is 47.7. The highest BCUT2D eigenvalue weighted by atomic mass is 16.6. The van der Waals surface area contributed by atoms with Gasteiger partial charge in [0.2, 0.25) is 0 Å². The van der Waals surface area contributed by atoms with Gasteiger partial charge in [-0.3, -0.25) is 24.0 Å². The minimum atomic E-state index is -0.00134. The van der Waals surface area contributed by atoms with Crippen molar-refractivity contribution < 1.29 is 47.7 Å². The lowest BCUT2D eigenvalue weighted by molar-refractivity contribution is -0.154. The van der Waals surface area contributed by atoms with Crippen LogP contribution in [0.25, 0.3) is 0 Å². The maximum atomic E-state index is 11.0. The average molecular weight is 1020 g/mol. The molecule has 5 aliphatic heterocycles. The van der Waals surface area contributed by atoms with Crippen LogP contribution in [0.5, 0.6) is 0 Å². The first kappa shape index (κ1) is 67.4. The maximum absolute atomic E-state index is 11.0. The van der Waals surface area contributed by atoms with Crippen LogP contribution in [0, 0.1) is 0 Å². The fourth-order valence-electron chi connectivity index (χ4n) is 10.1. The number of carbonyl (C=O) groups is 5. The van der Waals surface area contributed by atoms with E-state index in [0.717, 1.165) is 70.6 Å². The van der Waals surface area contributed by atoms with Crippen molar-refractivity contribution >= 4 is 29.8 Å². The van der Waals surface area contributed by atoms with Crippen LogP contribution >= 0.6 is 0 Å². The summed E-state index contributed by atoms with van der Waals surface area (Å²) in [5.74, 6) is 0.0156. The Morgan fingerprint density at radius 2 is 0.431 bits per heavy atom. The van der Waals surface area contributed by atoms with Crippen LogP contribution in [-0.2, 0) is 47.7 Å². The van der Waals surface area contributed by atoms with Gasteiger partial charge in [0.25, 0.3) is 0 Å². The van der Waals surface area contributed by atoms with Crippen LogP contribution in [0.1, 0.15) is 336 Å². The lowest BCUT2D eigenvalue weighted by Crippen LogP contribution is -2.23. The van der Waals surface area contributed by atoms with Gasteiger partial charge in [-0.15, -0.1) is 0 Å². The number of unbranched alkanes of at least 4 members (excludes halogenated alkanes) is 26. The fourth-order valence-corrected chi connectivity index (χ4v) is 10.1. The van der Waals surface area contributed by atoms with Crippen molar-refractivity contribution in [2.75, 3.05) is 0 Å². The molecule has 422 valence electrons.